The molecule has 2 rings (SSSR count). The molecule has 1 aromatic heterocycles. The highest BCUT2D eigenvalue weighted by molar-refractivity contribution is 9.10. The van der Waals surface area contributed by atoms with Gasteiger partial charge in [-0.15, -0.1) is 0 Å². The van der Waals surface area contributed by atoms with Crippen LogP contribution in [0.2, 0.25) is 0 Å². The van der Waals surface area contributed by atoms with Crippen molar-refractivity contribution >= 4 is 27.5 Å². The largest absolute Gasteiger partial charge is 0.322 e. The first-order valence-corrected chi connectivity index (χ1v) is 6.58. The summed E-state index contributed by atoms with van der Waals surface area (Å²) in [5, 5.41) is 6.20. The average molecular weight is 298 g/mol. The maximum absolute atomic E-state index is 12.2. The highest BCUT2D eigenvalue weighted by atomic mass is 79.9. The van der Waals surface area contributed by atoms with Gasteiger partial charge in [0.2, 0.25) is 5.91 Å². The molecule has 2 heterocycles. The number of aromatic nitrogens is 1. The Hall–Kier alpha value is -0.940. The first-order chi connectivity index (χ1) is 8.12. The summed E-state index contributed by atoms with van der Waals surface area (Å²) in [6.07, 6.45) is 4.78. The molecule has 0 aromatic carbocycles. The summed E-state index contributed by atoms with van der Waals surface area (Å²) in [7, 11) is 0. The zero-order chi connectivity index (χ0) is 12.3. The number of hydrogen-bond donors (Lipinski definition) is 2. The Labute approximate surface area is 109 Å². The molecule has 17 heavy (non-hydrogen) atoms. The molecule has 0 spiro atoms. The molecular weight excluding hydrogens is 282 g/mol. The van der Waals surface area contributed by atoms with Gasteiger partial charge >= 0.3 is 0 Å². The fourth-order valence-corrected chi connectivity index (χ4v) is 2.34. The van der Waals surface area contributed by atoms with Crippen LogP contribution < -0.4 is 10.6 Å². The zero-order valence-electron chi connectivity index (χ0n) is 9.79. The molecule has 1 amide bonds. The molecule has 2 N–H and O–H groups in total. The van der Waals surface area contributed by atoms with E-state index in [4.69, 9.17) is 0 Å². The molecule has 1 atom stereocenters. The van der Waals surface area contributed by atoms with Gasteiger partial charge in [-0.1, -0.05) is 0 Å². The fraction of sp³-hybridized carbons (Fsp3) is 0.500. The minimum Gasteiger partial charge on any atom is -0.322 e. The molecule has 1 fully saturated rings. The average Bonchev–Trinajstić information content (AvgIpc) is 2.33. The summed E-state index contributed by atoms with van der Waals surface area (Å²) < 4.78 is 0.660. The van der Waals surface area contributed by atoms with Crippen LogP contribution in [0.5, 0.6) is 0 Å². The van der Waals surface area contributed by atoms with Crippen molar-refractivity contribution in [3.05, 3.63) is 22.9 Å². The van der Waals surface area contributed by atoms with Crippen LogP contribution in [0.15, 0.2) is 22.9 Å². The number of carbonyl (C=O) groups is 1. The fourth-order valence-electron chi connectivity index (χ4n) is 1.99. The van der Waals surface area contributed by atoms with Crippen molar-refractivity contribution in [3.8, 4) is 0 Å². The second-order valence-corrected chi connectivity index (χ2v) is 5.26. The summed E-state index contributed by atoms with van der Waals surface area (Å²) >= 11 is 3.32. The highest BCUT2D eigenvalue weighted by Gasteiger charge is 2.34. The molecule has 4 nitrogen and oxygen atoms in total. The number of carbonyl (C=O) groups excluding carboxylic acids is 1. The van der Waals surface area contributed by atoms with Crippen molar-refractivity contribution in [1.82, 2.24) is 10.3 Å². The third-order valence-corrected chi connectivity index (χ3v) is 3.76. The number of piperidine rings is 1. The van der Waals surface area contributed by atoms with Crippen LogP contribution in [0.25, 0.3) is 0 Å². The number of anilines is 1. The van der Waals surface area contributed by atoms with Gasteiger partial charge in [0.25, 0.3) is 0 Å². The van der Waals surface area contributed by atoms with E-state index in [-0.39, 0.29) is 5.91 Å². The second-order valence-electron chi connectivity index (χ2n) is 4.51. The molecule has 1 aliphatic heterocycles. The summed E-state index contributed by atoms with van der Waals surface area (Å²) in [6.45, 7) is 2.85. The Morgan fingerprint density at radius 1 is 1.59 bits per heavy atom. The van der Waals surface area contributed by atoms with E-state index >= 15 is 0 Å². The summed E-state index contributed by atoms with van der Waals surface area (Å²) in [6, 6.07) is 3.64. The molecule has 1 aromatic rings. The Bertz CT molecular complexity index is 416. The molecule has 0 bridgehead atoms. The smallest absolute Gasteiger partial charge is 0.244 e. The Balaban J connectivity index is 2.08. The number of nitrogens with zero attached hydrogens (tertiary/aromatic N) is 1. The first kappa shape index (κ1) is 12.5. The predicted molar refractivity (Wildman–Crippen MR) is 70.8 cm³/mol. The van der Waals surface area contributed by atoms with Gasteiger partial charge in [0, 0.05) is 6.20 Å². The SMILES string of the molecule is CC1(C(=O)Nc2cccnc2Br)CCCCN1. The Morgan fingerprint density at radius 3 is 3.06 bits per heavy atom. The topological polar surface area (TPSA) is 54.0 Å². The van der Waals surface area contributed by atoms with Gasteiger partial charge in [-0.3, -0.25) is 4.79 Å². The molecular formula is C12H16BrN3O. The molecule has 0 radical (unpaired) electrons. The van der Waals surface area contributed by atoms with Crippen LogP contribution in [0, 0.1) is 0 Å². The monoisotopic (exact) mass is 297 g/mol. The van der Waals surface area contributed by atoms with Crippen LogP contribution in [0.3, 0.4) is 0 Å². The molecule has 5 heteroatoms. The molecule has 92 valence electrons. The van der Waals surface area contributed by atoms with Crippen LogP contribution in [-0.4, -0.2) is 23.0 Å². The standard InChI is InChI=1S/C12H16BrN3O/c1-12(6-2-3-8-15-12)11(17)16-9-5-4-7-14-10(9)13/h4-5,7,15H,2-3,6,8H2,1H3,(H,16,17). The van der Waals surface area contributed by atoms with E-state index in [1.807, 2.05) is 13.0 Å². The number of pyridine rings is 1. The van der Waals surface area contributed by atoms with E-state index in [1.54, 1.807) is 12.3 Å². The number of hydrogen-bond acceptors (Lipinski definition) is 3. The minimum absolute atomic E-state index is 0.00546. The first-order valence-electron chi connectivity index (χ1n) is 5.79. The van der Waals surface area contributed by atoms with Gasteiger partial charge in [0.05, 0.1) is 11.2 Å². The van der Waals surface area contributed by atoms with Gasteiger partial charge in [0.1, 0.15) is 4.60 Å². The molecule has 0 saturated carbocycles. The van der Waals surface area contributed by atoms with Gasteiger partial charge in [-0.25, -0.2) is 4.98 Å². The van der Waals surface area contributed by atoms with Crippen molar-refractivity contribution in [3.63, 3.8) is 0 Å². The van der Waals surface area contributed by atoms with Crippen molar-refractivity contribution in [2.45, 2.75) is 31.7 Å². The lowest BCUT2D eigenvalue weighted by Gasteiger charge is -2.33. The quantitative estimate of drug-likeness (QED) is 0.824. The van der Waals surface area contributed by atoms with E-state index in [0.717, 1.165) is 25.8 Å². The van der Waals surface area contributed by atoms with Gasteiger partial charge in [-0.2, -0.15) is 0 Å². The van der Waals surface area contributed by atoms with E-state index in [9.17, 15) is 4.79 Å². The molecule has 1 aliphatic rings. The molecule has 0 aliphatic carbocycles. The van der Waals surface area contributed by atoms with E-state index in [1.165, 1.54) is 0 Å². The summed E-state index contributed by atoms with van der Waals surface area (Å²) in [5.74, 6) is 0.00546. The summed E-state index contributed by atoms with van der Waals surface area (Å²) in [4.78, 5) is 16.3. The maximum atomic E-state index is 12.2. The number of halogens is 1. The lowest BCUT2D eigenvalue weighted by molar-refractivity contribution is -0.122. The van der Waals surface area contributed by atoms with Gasteiger partial charge < -0.3 is 10.6 Å². The lowest BCUT2D eigenvalue weighted by Crippen LogP contribution is -2.54. The van der Waals surface area contributed by atoms with E-state index in [2.05, 4.69) is 31.5 Å². The van der Waals surface area contributed by atoms with Crippen LogP contribution in [0.1, 0.15) is 26.2 Å². The third kappa shape index (κ3) is 2.84. The van der Waals surface area contributed by atoms with Gasteiger partial charge in [0.15, 0.2) is 0 Å². The Kier molecular flexibility index (Phi) is 3.79. The minimum atomic E-state index is -0.465. The normalized spacial score (nSPS) is 24.4. The number of nitrogens with one attached hydrogen (secondary N) is 2. The van der Waals surface area contributed by atoms with Crippen molar-refractivity contribution in [2.75, 3.05) is 11.9 Å². The summed E-state index contributed by atoms with van der Waals surface area (Å²) in [5.41, 5.74) is 0.249. The zero-order valence-corrected chi connectivity index (χ0v) is 11.4. The third-order valence-electron chi connectivity index (χ3n) is 3.13. The van der Waals surface area contributed by atoms with Crippen LogP contribution in [-0.2, 0) is 4.79 Å². The van der Waals surface area contributed by atoms with Crippen LogP contribution in [0.4, 0.5) is 5.69 Å². The lowest BCUT2D eigenvalue weighted by atomic mass is 9.90. The van der Waals surface area contributed by atoms with Crippen molar-refractivity contribution in [2.24, 2.45) is 0 Å². The molecule has 1 saturated heterocycles. The number of rotatable bonds is 2. The predicted octanol–water partition coefficient (Wildman–Crippen LogP) is 2.31. The highest BCUT2D eigenvalue weighted by Crippen LogP contribution is 2.23. The van der Waals surface area contributed by atoms with Crippen molar-refractivity contribution in [1.29, 1.82) is 0 Å². The van der Waals surface area contributed by atoms with Crippen molar-refractivity contribution < 1.29 is 4.79 Å². The Morgan fingerprint density at radius 2 is 2.41 bits per heavy atom. The van der Waals surface area contributed by atoms with E-state index < -0.39 is 5.54 Å². The van der Waals surface area contributed by atoms with Crippen LogP contribution >= 0.6 is 15.9 Å². The number of amides is 1. The second kappa shape index (κ2) is 5.14. The maximum Gasteiger partial charge on any atom is 0.244 e. The van der Waals surface area contributed by atoms with E-state index in [0.29, 0.717) is 10.3 Å². The van der Waals surface area contributed by atoms with Gasteiger partial charge in [-0.05, 0) is 60.8 Å². The molecule has 1 unspecified atom stereocenters.